The van der Waals surface area contributed by atoms with Gasteiger partial charge in [0.2, 0.25) is 10.0 Å². The van der Waals surface area contributed by atoms with Gasteiger partial charge in [-0.1, -0.05) is 29.8 Å². The van der Waals surface area contributed by atoms with E-state index < -0.39 is 10.0 Å². The lowest BCUT2D eigenvalue weighted by atomic mass is 10.1. The van der Waals surface area contributed by atoms with Gasteiger partial charge < -0.3 is 10.2 Å². The summed E-state index contributed by atoms with van der Waals surface area (Å²) in [6, 6.07) is 15.5. The highest BCUT2D eigenvalue weighted by atomic mass is 79.9. The second kappa shape index (κ2) is 10.7. The molecule has 4 rings (SSSR count). The maximum atomic E-state index is 12.5. The number of fused-ring (bicyclic) bond motifs is 1. The smallest absolute Gasteiger partial charge is 0.240 e. The highest BCUT2D eigenvalue weighted by molar-refractivity contribution is 9.10. The van der Waals surface area contributed by atoms with Gasteiger partial charge in [0.1, 0.15) is 11.6 Å². The van der Waals surface area contributed by atoms with Gasteiger partial charge in [-0.15, -0.1) is 0 Å². The molecule has 178 valence electrons. The van der Waals surface area contributed by atoms with Gasteiger partial charge in [0.25, 0.3) is 0 Å². The summed E-state index contributed by atoms with van der Waals surface area (Å²) in [5, 5.41) is 8.27. The summed E-state index contributed by atoms with van der Waals surface area (Å²) in [4.78, 5) is 9.96. The molecule has 12 heteroatoms. The third-order valence-electron chi connectivity index (χ3n) is 4.88. The average molecular weight is 566 g/mol. The Bertz CT molecular complexity index is 1400. The van der Waals surface area contributed by atoms with Crippen LogP contribution in [0.2, 0.25) is 5.02 Å². The zero-order valence-corrected chi connectivity index (χ0v) is 21.3. The predicted molar refractivity (Wildman–Crippen MR) is 136 cm³/mol. The van der Waals surface area contributed by atoms with Crippen molar-refractivity contribution in [2.75, 3.05) is 25.5 Å². The monoisotopic (exact) mass is 564 g/mol. The SMILES string of the molecule is CNOc1ccc(S(=O)(=O)NCCCNc2cc(-c3ccccc3Cl)nc3c(Br)cnn23)cc1. The van der Waals surface area contributed by atoms with Crippen LogP contribution >= 0.6 is 27.5 Å². The molecule has 34 heavy (non-hydrogen) atoms. The number of aromatic nitrogens is 3. The molecule has 2 aromatic heterocycles. The molecule has 3 N–H and O–H groups in total. The molecule has 0 amide bonds. The fourth-order valence-electron chi connectivity index (χ4n) is 3.27. The third kappa shape index (κ3) is 5.50. The lowest BCUT2D eigenvalue weighted by Crippen LogP contribution is -2.26. The highest BCUT2D eigenvalue weighted by Crippen LogP contribution is 2.30. The molecule has 0 unspecified atom stereocenters. The van der Waals surface area contributed by atoms with E-state index in [1.165, 1.54) is 12.1 Å². The van der Waals surface area contributed by atoms with Crippen LogP contribution in [-0.4, -0.2) is 43.2 Å². The molecule has 4 aromatic rings. The Morgan fingerprint density at radius 1 is 1.12 bits per heavy atom. The quantitative estimate of drug-likeness (QED) is 0.196. The fourth-order valence-corrected chi connectivity index (χ4v) is 4.92. The number of rotatable bonds is 10. The van der Waals surface area contributed by atoms with Crippen molar-refractivity contribution < 1.29 is 13.3 Å². The van der Waals surface area contributed by atoms with E-state index in [-0.39, 0.29) is 11.4 Å². The van der Waals surface area contributed by atoms with Gasteiger partial charge in [0.05, 0.1) is 21.3 Å². The first-order chi connectivity index (χ1) is 16.4. The molecule has 0 aliphatic heterocycles. The Balaban J connectivity index is 1.41. The first-order valence-electron chi connectivity index (χ1n) is 10.4. The second-order valence-electron chi connectivity index (χ2n) is 7.19. The van der Waals surface area contributed by atoms with Crippen molar-refractivity contribution >= 4 is 49.0 Å². The van der Waals surface area contributed by atoms with Crippen molar-refractivity contribution in [3.63, 3.8) is 0 Å². The maximum Gasteiger partial charge on any atom is 0.240 e. The largest absolute Gasteiger partial charge is 0.409 e. The van der Waals surface area contributed by atoms with Crippen molar-refractivity contribution in [3.05, 3.63) is 70.3 Å². The normalized spacial score (nSPS) is 11.6. The van der Waals surface area contributed by atoms with E-state index in [9.17, 15) is 8.42 Å². The van der Waals surface area contributed by atoms with Crippen LogP contribution in [0.3, 0.4) is 0 Å². The van der Waals surface area contributed by atoms with Crippen LogP contribution in [0, 0.1) is 0 Å². The van der Waals surface area contributed by atoms with Crippen LogP contribution in [0.1, 0.15) is 6.42 Å². The molecule has 0 radical (unpaired) electrons. The van der Waals surface area contributed by atoms with Crippen LogP contribution in [-0.2, 0) is 10.0 Å². The van der Waals surface area contributed by atoms with E-state index >= 15 is 0 Å². The minimum atomic E-state index is -3.62. The molecule has 0 bridgehead atoms. The van der Waals surface area contributed by atoms with E-state index in [0.717, 1.165) is 10.0 Å². The topological polar surface area (TPSA) is 110 Å². The van der Waals surface area contributed by atoms with Gasteiger partial charge in [0.15, 0.2) is 5.65 Å². The summed E-state index contributed by atoms with van der Waals surface area (Å²) < 4.78 is 30.1. The Kier molecular flexibility index (Phi) is 7.69. The molecule has 0 fully saturated rings. The summed E-state index contributed by atoms with van der Waals surface area (Å²) in [5.41, 5.74) is 4.69. The van der Waals surface area contributed by atoms with Gasteiger partial charge in [-0.25, -0.2) is 18.1 Å². The number of nitrogens with one attached hydrogen (secondary N) is 3. The van der Waals surface area contributed by atoms with E-state index in [0.29, 0.717) is 40.9 Å². The predicted octanol–water partition coefficient (Wildman–Crippen LogP) is 4.11. The number of anilines is 1. The van der Waals surface area contributed by atoms with Crippen molar-refractivity contribution in [1.29, 1.82) is 0 Å². The summed E-state index contributed by atoms with van der Waals surface area (Å²) in [6.07, 6.45) is 2.22. The minimum absolute atomic E-state index is 0.172. The van der Waals surface area contributed by atoms with Crippen molar-refractivity contribution in [2.24, 2.45) is 0 Å². The number of hydrogen-bond donors (Lipinski definition) is 3. The zero-order chi connectivity index (χ0) is 24.1. The average Bonchev–Trinajstić information content (AvgIpc) is 3.20. The van der Waals surface area contributed by atoms with Gasteiger partial charge in [-0.3, -0.25) is 0 Å². The molecule has 0 atom stereocenters. The lowest BCUT2D eigenvalue weighted by molar-refractivity contribution is 0.223. The first kappa shape index (κ1) is 24.4. The number of nitrogens with zero attached hydrogens (tertiary/aromatic N) is 3. The summed E-state index contributed by atoms with van der Waals surface area (Å²) in [7, 11) is -1.99. The maximum absolute atomic E-state index is 12.5. The Labute approximate surface area is 210 Å². The van der Waals surface area contributed by atoms with Gasteiger partial charge in [-0.05, 0) is 52.7 Å². The molecular weight excluding hydrogens is 544 g/mol. The summed E-state index contributed by atoms with van der Waals surface area (Å²) >= 11 is 9.85. The van der Waals surface area contributed by atoms with Gasteiger partial charge >= 0.3 is 0 Å². The Hall–Kier alpha value is -2.70. The first-order valence-corrected chi connectivity index (χ1v) is 13.0. The molecule has 2 aromatic carbocycles. The minimum Gasteiger partial charge on any atom is -0.409 e. The number of hydroxylamine groups is 1. The number of benzene rings is 2. The molecular formula is C22H22BrClN6O3S. The molecule has 9 nitrogen and oxygen atoms in total. The molecule has 0 saturated heterocycles. The van der Waals surface area contributed by atoms with Crippen molar-refractivity contribution in [1.82, 2.24) is 24.8 Å². The second-order valence-corrected chi connectivity index (χ2v) is 10.2. The third-order valence-corrected chi connectivity index (χ3v) is 7.25. The summed E-state index contributed by atoms with van der Waals surface area (Å²) in [6.45, 7) is 0.772. The van der Waals surface area contributed by atoms with E-state index in [2.05, 4.69) is 41.5 Å². The molecule has 0 saturated carbocycles. The van der Waals surface area contributed by atoms with E-state index in [4.69, 9.17) is 16.4 Å². The number of hydrogen-bond acceptors (Lipinski definition) is 7. The molecule has 0 aliphatic carbocycles. The van der Waals surface area contributed by atoms with Gasteiger partial charge in [-0.2, -0.15) is 15.1 Å². The van der Waals surface area contributed by atoms with Crippen LogP contribution in [0.15, 0.2) is 70.2 Å². The summed E-state index contributed by atoms with van der Waals surface area (Å²) in [5.74, 6) is 1.24. The Morgan fingerprint density at radius 2 is 1.88 bits per heavy atom. The van der Waals surface area contributed by atoms with Crippen molar-refractivity contribution in [3.8, 4) is 17.0 Å². The van der Waals surface area contributed by atoms with E-state index in [1.807, 2.05) is 30.3 Å². The standard InChI is InChI=1S/C22H22BrClN6O3S/c1-25-33-15-7-9-16(10-8-15)34(31,32)28-12-4-11-26-21-13-20(17-5-2-3-6-19(17)24)29-22-18(23)14-27-30(21)22/h2-3,5-10,13-14,25-26,28H,4,11-12H2,1H3. The number of sulfonamides is 1. The van der Waals surface area contributed by atoms with Crippen LogP contribution < -0.4 is 20.4 Å². The van der Waals surface area contributed by atoms with Crippen LogP contribution in [0.25, 0.3) is 16.9 Å². The van der Waals surface area contributed by atoms with Crippen LogP contribution in [0.4, 0.5) is 5.82 Å². The molecule has 2 heterocycles. The van der Waals surface area contributed by atoms with Gasteiger partial charge in [0, 0.05) is 36.8 Å². The van der Waals surface area contributed by atoms with Crippen LogP contribution in [0.5, 0.6) is 5.75 Å². The van der Waals surface area contributed by atoms with Crippen molar-refractivity contribution in [2.45, 2.75) is 11.3 Å². The zero-order valence-electron chi connectivity index (χ0n) is 18.1. The highest BCUT2D eigenvalue weighted by Gasteiger charge is 2.15. The van der Waals surface area contributed by atoms with E-state index in [1.54, 1.807) is 29.9 Å². The fraction of sp³-hybridized carbons (Fsp3) is 0.182. The molecule has 0 spiro atoms. The Morgan fingerprint density at radius 3 is 2.62 bits per heavy atom. The lowest BCUT2D eigenvalue weighted by Gasteiger charge is -2.12. The number of halogens is 2. The molecule has 0 aliphatic rings.